The van der Waals surface area contributed by atoms with Crippen molar-refractivity contribution in [2.24, 2.45) is 5.92 Å². The number of benzene rings is 1. The molecule has 0 bridgehead atoms. The maximum Gasteiger partial charge on any atom is 0.411 e. The molecule has 232 valence electrons. The Morgan fingerprint density at radius 1 is 1.19 bits per heavy atom. The molecule has 2 aromatic rings. The van der Waals surface area contributed by atoms with Gasteiger partial charge in [-0.25, -0.2) is 18.2 Å². The van der Waals surface area contributed by atoms with Gasteiger partial charge in [0.15, 0.2) is 0 Å². The summed E-state index contributed by atoms with van der Waals surface area (Å²) in [6.07, 6.45) is 2.95. The fraction of sp³-hybridized carbons (Fsp3) is 0.533. The average molecular weight is 615 g/mol. The molecule has 2 unspecified atom stereocenters. The number of likely N-dealkylation sites (tertiary alicyclic amines) is 1. The monoisotopic (exact) mass is 614 g/mol. The smallest absolute Gasteiger partial charge is 0.411 e. The van der Waals surface area contributed by atoms with Gasteiger partial charge in [0.25, 0.3) is 5.91 Å². The maximum absolute atomic E-state index is 13.8. The Balaban J connectivity index is 1.37. The number of amides is 3. The molecule has 1 aliphatic heterocycles. The van der Waals surface area contributed by atoms with E-state index >= 15 is 0 Å². The standard InChI is InChI=1S/C30H38N4O8S/c1-7-19-16-30(19,26(36)33-43(38,39)29(5)11-12-29)32-24(35)23-15-21(17-34(23)27(37)42-28(2,3)4)41-25-22-9-8-20(40-6)14-18(22)10-13-31-25/h7-10,13-14,19,21,23H,1,11-12,15-17H2,2-6H3,(H,32,35)(H,33,36)/t19-,21?,23?,30-/m1/s1. The first-order valence-corrected chi connectivity index (χ1v) is 15.7. The number of methoxy groups -OCH3 is 1. The Labute approximate surface area is 251 Å². The van der Waals surface area contributed by atoms with Crippen LogP contribution in [0.1, 0.15) is 53.4 Å². The van der Waals surface area contributed by atoms with E-state index in [1.165, 1.54) is 11.0 Å². The highest BCUT2D eigenvalue weighted by molar-refractivity contribution is 7.91. The lowest BCUT2D eigenvalue weighted by atomic mass is 10.1. The molecule has 2 aliphatic carbocycles. The van der Waals surface area contributed by atoms with E-state index in [0.717, 1.165) is 10.8 Å². The van der Waals surface area contributed by atoms with Gasteiger partial charge in [-0.2, -0.15) is 0 Å². The third-order valence-corrected chi connectivity index (χ3v) is 10.4. The summed E-state index contributed by atoms with van der Waals surface area (Å²) in [6.45, 7) is 10.5. The first-order chi connectivity index (χ1) is 20.1. The van der Waals surface area contributed by atoms with Crippen molar-refractivity contribution in [3.63, 3.8) is 0 Å². The van der Waals surface area contributed by atoms with Crippen LogP contribution < -0.4 is 19.5 Å². The molecule has 2 N–H and O–H groups in total. The van der Waals surface area contributed by atoms with Crippen molar-refractivity contribution in [1.29, 1.82) is 0 Å². The van der Waals surface area contributed by atoms with E-state index in [1.54, 1.807) is 47.1 Å². The molecule has 3 amide bonds. The summed E-state index contributed by atoms with van der Waals surface area (Å²) in [5.41, 5.74) is -2.32. The zero-order valence-electron chi connectivity index (χ0n) is 25.0. The van der Waals surface area contributed by atoms with Crippen LogP contribution in [0.5, 0.6) is 11.6 Å². The molecule has 43 heavy (non-hydrogen) atoms. The second kappa shape index (κ2) is 10.7. The molecule has 2 saturated carbocycles. The van der Waals surface area contributed by atoms with E-state index in [1.807, 2.05) is 18.2 Å². The number of pyridine rings is 1. The van der Waals surface area contributed by atoms with Gasteiger partial charge in [0, 0.05) is 23.9 Å². The Hall–Kier alpha value is -3.87. The van der Waals surface area contributed by atoms with Gasteiger partial charge in [-0.05, 0) is 76.6 Å². The molecule has 12 nitrogen and oxygen atoms in total. The van der Waals surface area contributed by atoms with Crippen molar-refractivity contribution in [3.8, 4) is 11.6 Å². The van der Waals surface area contributed by atoms with Gasteiger partial charge in [0.1, 0.15) is 29.0 Å². The van der Waals surface area contributed by atoms with Crippen LogP contribution >= 0.6 is 0 Å². The van der Waals surface area contributed by atoms with E-state index in [0.29, 0.717) is 24.5 Å². The van der Waals surface area contributed by atoms with Gasteiger partial charge in [-0.15, -0.1) is 6.58 Å². The number of carbonyl (C=O) groups excluding carboxylic acids is 3. The third kappa shape index (κ3) is 5.99. The molecule has 4 atom stereocenters. The van der Waals surface area contributed by atoms with Gasteiger partial charge in [0.05, 0.1) is 18.4 Å². The summed E-state index contributed by atoms with van der Waals surface area (Å²) in [4.78, 5) is 46.0. The fourth-order valence-corrected chi connectivity index (χ4v) is 6.59. The molecular formula is C30H38N4O8S. The van der Waals surface area contributed by atoms with Crippen LogP contribution in [-0.2, 0) is 24.3 Å². The Kier molecular flexibility index (Phi) is 7.60. The van der Waals surface area contributed by atoms with Gasteiger partial charge >= 0.3 is 6.09 Å². The van der Waals surface area contributed by atoms with Crippen molar-refractivity contribution in [1.82, 2.24) is 19.9 Å². The molecule has 1 aromatic carbocycles. The van der Waals surface area contributed by atoms with E-state index in [4.69, 9.17) is 14.2 Å². The molecule has 3 fully saturated rings. The van der Waals surface area contributed by atoms with Crippen molar-refractivity contribution in [2.75, 3.05) is 13.7 Å². The summed E-state index contributed by atoms with van der Waals surface area (Å²) >= 11 is 0. The fourth-order valence-electron chi connectivity index (χ4n) is 5.28. The minimum Gasteiger partial charge on any atom is -0.497 e. The van der Waals surface area contributed by atoms with Crippen LogP contribution in [0.15, 0.2) is 43.1 Å². The minimum atomic E-state index is -3.93. The Morgan fingerprint density at radius 3 is 2.51 bits per heavy atom. The Morgan fingerprint density at radius 2 is 1.91 bits per heavy atom. The highest BCUT2D eigenvalue weighted by Crippen LogP contribution is 2.47. The van der Waals surface area contributed by atoms with E-state index in [2.05, 4.69) is 21.6 Å². The number of hydrogen-bond donors (Lipinski definition) is 2. The van der Waals surface area contributed by atoms with Crippen LogP contribution in [0.25, 0.3) is 10.8 Å². The lowest BCUT2D eigenvalue weighted by Gasteiger charge is -2.29. The largest absolute Gasteiger partial charge is 0.497 e. The molecule has 2 heterocycles. The van der Waals surface area contributed by atoms with Crippen molar-refractivity contribution in [3.05, 3.63) is 43.1 Å². The summed E-state index contributed by atoms with van der Waals surface area (Å²) < 4.78 is 43.9. The maximum atomic E-state index is 13.8. The van der Waals surface area contributed by atoms with Gasteiger partial charge in [-0.3, -0.25) is 19.2 Å². The number of aromatic nitrogens is 1. The molecule has 0 radical (unpaired) electrons. The molecule has 1 saturated heterocycles. The zero-order valence-corrected chi connectivity index (χ0v) is 25.8. The number of nitrogens with zero attached hydrogens (tertiary/aromatic N) is 2. The van der Waals surface area contributed by atoms with Crippen LogP contribution in [0.3, 0.4) is 0 Å². The van der Waals surface area contributed by atoms with Gasteiger partial charge in [-0.1, -0.05) is 6.08 Å². The van der Waals surface area contributed by atoms with Crippen molar-refractivity contribution < 1.29 is 37.0 Å². The second-order valence-corrected chi connectivity index (χ2v) is 14.9. The summed E-state index contributed by atoms with van der Waals surface area (Å²) in [5, 5.41) is 4.33. The first-order valence-electron chi connectivity index (χ1n) is 14.2. The zero-order chi connectivity index (χ0) is 31.4. The van der Waals surface area contributed by atoms with Crippen molar-refractivity contribution >= 4 is 38.7 Å². The van der Waals surface area contributed by atoms with Crippen molar-refractivity contribution in [2.45, 2.75) is 81.4 Å². The van der Waals surface area contributed by atoms with Gasteiger partial charge in [0.2, 0.25) is 21.8 Å². The van der Waals surface area contributed by atoms with Crippen LogP contribution in [0.2, 0.25) is 0 Å². The van der Waals surface area contributed by atoms with Crippen LogP contribution in [0.4, 0.5) is 4.79 Å². The molecule has 13 heteroatoms. The number of carbonyl (C=O) groups is 3. The van der Waals surface area contributed by atoms with Crippen LogP contribution in [0, 0.1) is 5.92 Å². The number of sulfonamides is 1. The highest BCUT2D eigenvalue weighted by Gasteiger charge is 2.63. The molecule has 0 spiro atoms. The predicted octanol–water partition coefficient (Wildman–Crippen LogP) is 3.06. The number of fused-ring (bicyclic) bond motifs is 1. The number of hydrogen-bond acceptors (Lipinski definition) is 9. The predicted molar refractivity (Wildman–Crippen MR) is 158 cm³/mol. The molecule has 5 rings (SSSR count). The average Bonchev–Trinajstić information content (AvgIpc) is 3.82. The lowest BCUT2D eigenvalue weighted by Crippen LogP contribution is -2.57. The molecule has 1 aromatic heterocycles. The van der Waals surface area contributed by atoms with E-state index < -0.39 is 61.9 Å². The minimum absolute atomic E-state index is 0.0258. The molecular weight excluding hydrogens is 576 g/mol. The Bertz CT molecular complexity index is 1580. The topological polar surface area (TPSA) is 153 Å². The summed E-state index contributed by atoms with van der Waals surface area (Å²) in [6, 6.07) is 6.23. The number of nitrogens with one attached hydrogen (secondary N) is 2. The number of ether oxygens (including phenoxy) is 3. The normalized spacial score (nSPS) is 25.9. The molecule has 3 aliphatic rings. The summed E-state index contributed by atoms with van der Waals surface area (Å²) in [7, 11) is -2.35. The third-order valence-electron chi connectivity index (χ3n) is 8.29. The van der Waals surface area contributed by atoms with E-state index in [-0.39, 0.29) is 19.4 Å². The quantitative estimate of drug-likeness (QED) is 0.406. The first kappa shape index (κ1) is 30.6. The lowest BCUT2D eigenvalue weighted by molar-refractivity contribution is -0.131. The SMILES string of the molecule is C=C[C@@H]1C[C@]1(NC(=O)C1CC(Oc2nccc3cc(OC)ccc23)CN1C(=O)OC(C)(C)C)C(=O)NS(=O)(=O)C1(C)CC1. The highest BCUT2D eigenvalue weighted by atomic mass is 32.2. The second-order valence-electron chi connectivity index (χ2n) is 12.7. The van der Waals surface area contributed by atoms with Crippen LogP contribution in [-0.4, -0.2) is 77.9 Å². The number of rotatable bonds is 9. The summed E-state index contributed by atoms with van der Waals surface area (Å²) in [5.74, 6) is -0.905. The van der Waals surface area contributed by atoms with E-state index in [9.17, 15) is 22.8 Å². The van der Waals surface area contributed by atoms with Gasteiger partial charge < -0.3 is 19.5 Å².